The fourth-order valence-electron chi connectivity index (χ4n) is 3.87. The highest BCUT2D eigenvalue weighted by atomic mass is 16.5. The van der Waals surface area contributed by atoms with Crippen molar-refractivity contribution in [1.82, 2.24) is 25.3 Å². The van der Waals surface area contributed by atoms with Crippen LogP contribution in [0.1, 0.15) is 18.4 Å². The van der Waals surface area contributed by atoms with Gasteiger partial charge in [0.25, 0.3) is 5.89 Å². The zero-order valence-corrected chi connectivity index (χ0v) is 18.9. The van der Waals surface area contributed by atoms with E-state index in [0.717, 1.165) is 49.4 Å². The first-order chi connectivity index (χ1) is 15.5. The molecule has 0 spiro atoms. The van der Waals surface area contributed by atoms with Crippen LogP contribution in [0.15, 0.2) is 47.1 Å². The predicted molar refractivity (Wildman–Crippen MR) is 124 cm³/mol. The van der Waals surface area contributed by atoms with Crippen LogP contribution < -0.4 is 10.2 Å². The smallest absolute Gasteiger partial charge is 0.261 e. The lowest BCUT2D eigenvalue weighted by Crippen LogP contribution is -2.42. The van der Waals surface area contributed by atoms with Crippen LogP contribution in [-0.4, -0.2) is 66.2 Å². The number of aromatic nitrogens is 3. The second-order valence-corrected chi connectivity index (χ2v) is 8.52. The standard InChI is InChI=1S/C24H30N6O2/c1-17-6-8-18(9-7-17)21-27-24(32-28-21)20-5-4-12-25-22(20)30-14-10-19(11-15-30)23(31)26-13-16-29(2)3/h4-9,12,19H,10-11,13-16H2,1-3H3,(H,26,31). The Hall–Kier alpha value is -3.26. The van der Waals surface area contributed by atoms with Gasteiger partial charge in [0.05, 0.1) is 5.56 Å². The fraction of sp³-hybridized carbons (Fsp3) is 0.417. The highest BCUT2D eigenvalue weighted by Crippen LogP contribution is 2.31. The van der Waals surface area contributed by atoms with Crippen molar-refractivity contribution in [3.05, 3.63) is 48.2 Å². The summed E-state index contributed by atoms with van der Waals surface area (Å²) >= 11 is 0. The minimum Gasteiger partial charge on any atom is -0.356 e. The van der Waals surface area contributed by atoms with Crippen molar-refractivity contribution < 1.29 is 9.32 Å². The molecule has 0 bridgehead atoms. The molecule has 0 saturated carbocycles. The Balaban J connectivity index is 1.44. The van der Waals surface area contributed by atoms with E-state index in [1.54, 1.807) is 6.20 Å². The molecule has 1 aliphatic heterocycles. The van der Waals surface area contributed by atoms with Gasteiger partial charge < -0.3 is 19.6 Å². The van der Waals surface area contributed by atoms with Crippen LogP contribution in [0, 0.1) is 12.8 Å². The zero-order valence-electron chi connectivity index (χ0n) is 18.9. The van der Waals surface area contributed by atoms with Crippen molar-refractivity contribution in [1.29, 1.82) is 0 Å². The number of amides is 1. The second kappa shape index (κ2) is 9.91. The molecule has 0 aliphatic carbocycles. The average Bonchev–Trinajstić information content (AvgIpc) is 3.29. The van der Waals surface area contributed by atoms with Crippen molar-refractivity contribution in [3.8, 4) is 22.8 Å². The largest absolute Gasteiger partial charge is 0.356 e. The molecule has 0 atom stereocenters. The number of aryl methyl sites for hydroxylation is 1. The molecule has 0 unspecified atom stereocenters. The number of benzene rings is 1. The number of rotatable bonds is 7. The Morgan fingerprint density at radius 2 is 1.94 bits per heavy atom. The molecule has 1 fully saturated rings. The first kappa shape index (κ1) is 22.0. The normalized spacial score (nSPS) is 14.7. The summed E-state index contributed by atoms with van der Waals surface area (Å²) in [5.74, 6) is 2.01. The average molecular weight is 435 g/mol. The molecule has 168 valence electrons. The number of nitrogens with zero attached hydrogens (tertiary/aromatic N) is 5. The summed E-state index contributed by atoms with van der Waals surface area (Å²) in [7, 11) is 4.00. The zero-order chi connectivity index (χ0) is 22.5. The van der Waals surface area contributed by atoms with E-state index < -0.39 is 0 Å². The van der Waals surface area contributed by atoms with Gasteiger partial charge in [0.2, 0.25) is 11.7 Å². The molecule has 1 N–H and O–H groups in total. The maximum Gasteiger partial charge on any atom is 0.261 e. The summed E-state index contributed by atoms with van der Waals surface area (Å²) in [5.41, 5.74) is 2.91. The Bertz CT molecular complexity index is 1040. The summed E-state index contributed by atoms with van der Waals surface area (Å²) in [6.45, 7) is 5.08. The third-order valence-electron chi connectivity index (χ3n) is 5.78. The van der Waals surface area contributed by atoms with Crippen LogP contribution in [0.25, 0.3) is 22.8 Å². The molecule has 1 aliphatic rings. The molecule has 4 rings (SSSR count). The van der Waals surface area contributed by atoms with Gasteiger partial charge in [-0.3, -0.25) is 4.79 Å². The molecule has 8 nitrogen and oxygen atoms in total. The van der Waals surface area contributed by atoms with Crippen molar-refractivity contribution in [2.24, 2.45) is 5.92 Å². The molecule has 1 aromatic carbocycles. The minimum atomic E-state index is 0.0390. The number of anilines is 1. The molecule has 0 radical (unpaired) electrons. The molecule has 32 heavy (non-hydrogen) atoms. The number of hydrogen-bond donors (Lipinski definition) is 1. The third-order valence-corrected chi connectivity index (χ3v) is 5.78. The van der Waals surface area contributed by atoms with Crippen molar-refractivity contribution in [3.63, 3.8) is 0 Å². The molecule has 1 saturated heterocycles. The van der Waals surface area contributed by atoms with E-state index in [-0.39, 0.29) is 11.8 Å². The fourth-order valence-corrected chi connectivity index (χ4v) is 3.87. The van der Waals surface area contributed by atoms with Crippen LogP contribution in [-0.2, 0) is 4.79 Å². The Labute approximate surface area is 188 Å². The van der Waals surface area contributed by atoms with Gasteiger partial charge in [-0.25, -0.2) is 4.98 Å². The van der Waals surface area contributed by atoms with Crippen LogP contribution in [0.3, 0.4) is 0 Å². The lowest BCUT2D eigenvalue weighted by Gasteiger charge is -2.32. The van der Waals surface area contributed by atoms with Crippen LogP contribution >= 0.6 is 0 Å². The van der Waals surface area contributed by atoms with Crippen LogP contribution in [0.2, 0.25) is 0 Å². The topological polar surface area (TPSA) is 87.4 Å². The highest BCUT2D eigenvalue weighted by molar-refractivity contribution is 5.79. The van der Waals surface area contributed by atoms with Gasteiger partial charge in [0.1, 0.15) is 5.82 Å². The number of likely N-dealkylation sites (N-methyl/N-ethyl adjacent to an activating group) is 1. The quantitative estimate of drug-likeness (QED) is 0.612. The summed E-state index contributed by atoms with van der Waals surface area (Å²) in [6.07, 6.45) is 3.36. The highest BCUT2D eigenvalue weighted by Gasteiger charge is 2.27. The third kappa shape index (κ3) is 5.13. The van der Waals surface area contributed by atoms with E-state index in [1.165, 1.54) is 5.56 Å². The van der Waals surface area contributed by atoms with E-state index in [0.29, 0.717) is 18.3 Å². The van der Waals surface area contributed by atoms with Crippen LogP contribution in [0.5, 0.6) is 0 Å². The SMILES string of the molecule is Cc1ccc(-c2noc(-c3cccnc3N3CCC(C(=O)NCCN(C)C)CC3)n2)cc1. The molecule has 2 aromatic heterocycles. The lowest BCUT2D eigenvalue weighted by atomic mass is 9.95. The van der Waals surface area contributed by atoms with Crippen molar-refractivity contribution >= 4 is 11.7 Å². The van der Waals surface area contributed by atoms with Gasteiger partial charge in [0, 0.05) is 43.9 Å². The number of piperidine rings is 1. The van der Waals surface area contributed by atoms with Crippen molar-refractivity contribution in [2.75, 3.05) is 45.2 Å². The minimum absolute atomic E-state index is 0.0390. The van der Waals surface area contributed by atoms with E-state index >= 15 is 0 Å². The van der Waals surface area contributed by atoms with Crippen LogP contribution in [0.4, 0.5) is 5.82 Å². The second-order valence-electron chi connectivity index (χ2n) is 8.52. The van der Waals surface area contributed by atoms with E-state index in [1.807, 2.05) is 57.4 Å². The Kier molecular flexibility index (Phi) is 6.80. The number of carbonyl (C=O) groups is 1. The summed E-state index contributed by atoms with van der Waals surface area (Å²) in [4.78, 5) is 26.0. The van der Waals surface area contributed by atoms with E-state index in [9.17, 15) is 4.79 Å². The molecule has 8 heteroatoms. The monoisotopic (exact) mass is 434 g/mol. The maximum atomic E-state index is 12.5. The number of hydrogen-bond acceptors (Lipinski definition) is 7. The maximum absolute atomic E-state index is 12.5. The Morgan fingerprint density at radius 1 is 1.19 bits per heavy atom. The van der Waals surface area contributed by atoms with Crippen molar-refractivity contribution in [2.45, 2.75) is 19.8 Å². The first-order valence-corrected chi connectivity index (χ1v) is 11.0. The predicted octanol–water partition coefficient (Wildman–Crippen LogP) is 3.00. The Morgan fingerprint density at radius 3 is 2.66 bits per heavy atom. The number of nitrogens with one attached hydrogen (secondary N) is 1. The molecular weight excluding hydrogens is 404 g/mol. The number of carbonyl (C=O) groups excluding carboxylic acids is 1. The molecule has 3 heterocycles. The van der Waals surface area contributed by atoms with E-state index in [2.05, 4.69) is 30.2 Å². The van der Waals surface area contributed by atoms with Gasteiger partial charge in [0.15, 0.2) is 0 Å². The summed E-state index contributed by atoms with van der Waals surface area (Å²) < 4.78 is 5.59. The van der Waals surface area contributed by atoms with Gasteiger partial charge >= 0.3 is 0 Å². The molecule has 3 aromatic rings. The number of pyridine rings is 1. The lowest BCUT2D eigenvalue weighted by molar-refractivity contribution is -0.125. The molecular formula is C24H30N6O2. The summed E-state index contributed by atoms with van der Waals surface area (Å²) in [6, 6.07) is 11.9. The van der Waals surface area contributed by atoms with Gasteiger partial charge in [-0.05, 0) is 46.0 Å². The van der Waals surface area contributed by atoms with Gasteiger partial charge in [-0.1, -0.05) is 35.0 Å². The summed E-state index contributed by atoms with van der Waals surface area (Å²) in [5, 5.41) is 7.22. The van der Waals surface area contributed by atoms with Gasteiger partial charge in [-0.15, -0.1) is 0 Å². The first-order valence-electron chi connectivity index (χ1n) is 11.0. The van der Waals surface area contributed by atoms with E-state index in [4.69, 9.17) is 4.52 Å². The molecule has 1 amide bonds. The van der Waals surface area contributed by atoms with Gasteiger partial charge in [-0.2, -0.15) is 4.98 Å².